The maximum absolute atomic E-state index is 11.9. The first-order chi connectivity index (χ1) is 25.2. The van der Waals surface area contributed by atoms with Crippen LogP contribution in [0.15, 0.2) is 33.5 Å². The van der Waals surface area contributed by atoms with Crippen LogP contribution in [-0.4, -0.2) is 180 Å². The zero-order valence-corrected chi connectivity index (χ0v) is 27.6. The predicted molar refractivity (Wildman–Crippen MR) is 170 cm³/mol. The molecule has 21 nitrogen and oxygen atoms in total. The van der Waals surface area contributed by atoms with E-state index in [2.05, 4.69) is 0 Å². The van der Waals surface area contributed by atoms with Gasteiger partial charge in [0.05, 0.1) is 38.4 Å². The number of phenolic OH excluding ortho intramolecular Hbond substituents is 1. The molecule has 3 fully saturated rings. The number of phenols is 1. The summed E-state index contributed by atoms with van der Waals surface area (Å²) < 4.78 is 44.0. The molecule has 1 aromatic heterocycles. The summed E-state index contributed by atoms with van der Waals surface area (Å²) in [5.74, 6) is -1.25. The summed E-state index contributed by atoms with van der Waals surface area (Å²) in [6.07, 6.45) is -26.4. The molecule has 4 heterocycles. The van der Waals surface area contributed by atoms with E-state index in [4.69, 9.17) is 37.6 Å². The van der Waals surface area contributed by atoms with Crippen molar-refractivity contribution in [1.82, 2.24) is 0 Å². The summed E-state index contributed by atoms with van der Waals surface area (Å²) in [4.78, 5) is 11.9. The second kappa shape index (κ2) is 15.7. The number of methoxy groups -OCH3 is 1. The van der Waals surface area contributed by atoms with Crippen LogP contribution in [0.3, 0.4) is 0 Å². The molecule has 6 rings (SSSR count). The largest absolute Gasteiger partial charge is 0.507 e. The standard InChI is InChI=1S/C32H40O21/c1-46-10-2-9-3-12-19(11(35)5-17(36)48-12)23(40)18(9)13(4-10)49-31-26(43)25(42)21(38)16(52-31)8-47-30-28(45)29(22(39)15(7-34)50-30)53-32-27(44)24(41)20(37)14(6-33)51-32/h2-5,14-16,20-22,24-35,37-45H,6-8H2,1H3/t14-,15-,16-,20-,21-,22-,24+,25+,26-,27-,28-,29+,30-,31-,32+/m0/s1. The van der Waals surface area contributed by atoms with E-state index in [1.807, 2.05) is 0 Å². The van der Waals surface area contributed by atoms with E-state index in [0.717, 1.165) is 6.07 Å². The lowest BCUT2D eigenvalue weighted by Gasteiger charge is -2.46. The van der Waals surface area contributed by atoms with Gasteiger partial charge in [-0.05, 0) is 17.5 Å². The quantitative estimate of drug-likeness (QED) is 0.0681. The van der Waals surface area contributed by atoms with Gasteiger partial charge in [0.25, 0.3) is 0 Å². The molecule has 0 unspecified atom stereocenters. The molecule has 0 spiro atoms. The molecule has 3 aliphatic heterocycles. The molecule has 3 aliphatic rings. The zero-order valence-electron chi connectivity index (χ0n) is 27.6. The fourth-order valence-corrected chi connectivity index (χ4v) is 6.45. The molecular weight excluding hydrogens is 720 g/mol. The van der Waals surface area contributed by atoms with E-state index in [9.17, 15) is 66.1 Å². The van der Waals surface area contributed by atoms with E-state index in [1.165, 1.54) is 25.3 Å². The minimum atomic E-state index is -1.93. The Labute approximate surface area is 297 Å². The van der Waals surface area contributed by atoms with Gasteiger partial charge >= 0.3 is 5.63 Å². The lowest BCUT2D eigenvalue weighted by atomic mass is 9.97. The third-order valence-corrected chi connectivity index (χ3v) is 9.37. The highest BCUT2D eigenvalue weighted by atomic mass is 16.7. The number of rotatable bonds is 10. The van der Waals surface area contributed by atoms with Crippen LogP contribution in [-0.2, 0) is 23.7 Å². The van der Waals surface area contributed by atoms with Crippen molar-refractivity contribution in [2.75, 3.05) is 26.9 Å². The summed E-state index contributed by atoms with van der Waals surface area (Å²) in [7, 11) is 1.32. The average Bonchev–Trinajstić information content (AvgIpc) is 3.12. The van der Waals surface area contributed by atoms with Gasteiger partial charge in [-0.1, -0.05) is 0 Å². The zero-order chi connectivity index (χ0) is 38.5. The third kappa shape index (κ3) is 7.35. The Hall–Kier alpha value is -3.49. The lowest BCUT2D eigenvalue weighted by Crippen LogP contribution is -2.65. The third-order valence-electron chi connectivity index (χ3n) is 9.37. The van der Waals surface area contributed by atoms with Gasteiger partial charge in [-0.25, -0.2) is 4.79 Å². The lowest BCUT2D eigenvalue weighted by molar-refractivity contribution is -0.364. The molecule has 294 valence electrons. The number of hydrogen-bond acceptors (Lipinski definition) is 21. The highest BCUT2D eigenvalue weighted by molar-refractivity contribution is 6.08. The Balaban J connectivity index is 1.22. The Morgan fingerprint density at radius 2 is 1.26 bits per heavy atom. The molecule has 3 aromatic rings. The van der Waals surface area contributed by atoms with Gasteiger partial charge in [0.2, 0.25) is 6.29 Å². The van der Waals surface area contributed by atoms with Crippen LogP contribution in [0.1, 0.15) is 0 Å². The van der Waals surface area contributed by atoms with Crippen LogP contribution >= 0.6 is 0 Å². The Bertz CT molecular complexity index is 1800. The first kappa shape index (κ1) is 39.2. The van der Waals surface area contributed by atoms with E-state index in [1.54, 1.807) is 0 Å². The number of fused-ring (bicyclic) bond motifs is 2. The van der Waals surface area contributed by atoms with E-state index >= 15 is 0 Å². The number of hydrogen-bond donors (Lipinski definition) is 12. The summed E-state index contributed by atoms with van der Waals surface area (Å²) in [6.45, 7) is -2.35. The SMILES string of the molecule is COc1cc(O[C@H]2O[C@@H](CO[C@H]3O[C@@H](CO)[C@H](O)[C@@H](O[C@H]4O[C@@H](CO)[C@H](O)[C@@H](O)[C@@H]4O)[C@@H]3O)[C@H](O)[C@@H](O)[C@@H]2O)c2c(O)c3c(O)cc(=O)oc3cc2c1. The van der Waals surface area contributed by atoms with Crippen molar-refractivity contribution in [3.63, 3.8) is 0 Å². The van der Waals surface area contributed by atoms with Crippen molar-refractivity contribution in [2.24, 2.45) is 0 Å². The maximum atomic E-state index is 11.9. The van der Waals surface area contributed by atoms with Crippen LogP contribution in [0.4, 0.5) is 0 Å². The van der Waals surface area contributed by atoms with E-state index < -0.39 is 129 Å². The summed E-state index contributed by atoms with van der Waals surface area (Å²) in [5, 5.41) is 126. The summed E-state index contributed by atoms with van der Waals surface area (Å²) in [5.41, 5.74) is -1.06. The molecule has 53 heavy (non-hydrogen) atoms. The Morgan fingerprint density at radius 1 is 0.660 bits per heavy atom. The number of aromatic hydroxyl groups is 2. The highest BCUT2D eigenvalue weighted by Gasteiger charge is 2.52. The monoisotopic (exact) mass is 760 g/mol. The van der Waals surface area contributed by atoms with Crippen molar-refractivity contribution >= 4 is 21.7 Å². The van der Waals surface area contributed by atoms with Crippen LogP contribution in [0.25, 0.3) is 21.7 Å². The first-order valence-electron chi connectivity index (χ1n) is 16.3. The highest BCUT2D eigenvalue weighted by Crippen LogP contribution is 2.45. The van der Waals surface area contributed by atoms with Gasteiger partial charge in [-0.3, -0.25) is 0 Å². The topological polar surface area (TPSA) is 338 Å². The molecule has 3 saturated heterocycles. The smallest absolute Gasteiger partial charge is 0.339 e. The summed E-state index contributed by atoms with van der Waals surface area (Å²) in [6, 6.07) is 4.79. The molecule has 0 bridgehead atoms. The fraction of sp³-hybridized carbons (Fsp3) is 0.594. The first-order valence-corrected chi connectivity index (χ1v) is 16.3. The average molecular weight is 761 g/mol. The van der Waals surface area contributed by atoms with E-state index in [0.29, 0.717) is 0 Å². The van der Waals surface area contributed by atoms with Gasteiger partial charge in [0.15, 0.2) is 12.6 Å². The summed E-state index contributed by atoms with van der Waals surface area (Å²) >= 11 is 0. The maximum Gasteiger partial charge on any atom is 0.339 e. The second-order valence-electron chi connectivity index (χ2n) is 12.7. The van der Waals surface area contributed by atoms with Gasteiger partial charge < -0.3 is 98.9 Å². The van der Waals surface area contributed by atoms with Crippen LogP contribution in [0, 0.1) is 0 Å². The molecule has 0 aliphatic carbocycles. The number of aliphatic hydroxyl groups is 10. The molecule has 0 amide bonds. The van der Waals surface area contributed by atoms with Crippen molar-refractivity contribution in [3.8, 4) is 23.0 Å². The van der Waals surface area contributed by atoms with Crippen LogP contribution in [0.2, 0.25) is 0 Å². The van der Waals surface area contributed by atoms with E-state index in [-0.39, 0.29) is 33.2 Å². The molecule has 12 N–H and O–H groups in total. The molecule has 15 atom stereocenters. The number of ether oxygens (including phenoxy) is 7. The van der Waals surface area contributed by atoms with Crippen molar-refractivity contribution in [2.45, 2.75) is 92.1 Å². The van der Waals surface area contributed by atoms with Gasteiger partial charge in [-0.2, -0.15) is 0 Å². The molecule has 21 heteroatoms. The van der Waals surface area contributed by atoms with Crippen LogP contribution in [0.5, 0.6) is 23.0 Å². The fourth-order valence-electron chi connectivity index (χ4n) is 6.45. The van der Waals surface area contributed by atoms with Gasteiger partial charge in [0, 0.05) is 6.07 Å². The number of benzene rings is 2. The predicted octanol–water partition coefficient (Wildman–Crippen LogP) is -4.81. The molecule has 0 saturated carbocycles. The molecule has 0 radical (unpaired) electrons. The molecular formula is C32H40O21. The van der Waals surface area contributed by atoms with Crippen molar-refractivity contribution in [1.29, 1.82) is 0 Å². The van der Waals surface area contributed by atoms with Crippen LogP contribution < -0.4 is 15.1 Å². The minimum absolute atomic E-state index is 0.0653. The second-order valence-corrected chi connectivity index (χ2v) is 12.7. The van der Waals surface area contributed by atoms with Gasteiger partial charge in [-0.15, -0.1) is 0 Å². The van der Waals surface area contributed by atoms with Crippen molar-refractivity contribution in [3.05, 3.63) is 34.7 Å². The molecule has 2 aromatic carbocycles. The Kier molecular flexibility index (Phi) is 11.6. The van der Waals surface area contributed by atoms with Gasteiger partial charge in [0.1, 0.15) is 107 Å². The normalized spacial score (nSPS) is 37.9. The number of aliphatic hydroxyl groups excluding tert-OH is 10. The Morgan fingerprint density at radius 3 is 1.92 bits per heavy atom. The van der Waals surface area contributed by atoms with Crippen molar-refractivity contribution < 1.29 is 98.9 Å². The minimum Gasteiger partial charge on any atom is -0.507 e.